The molecular formula is C15H24N3O4P. The van der Waals surface area contributed by atoms with Crippen LogP contribution in [0.2, 0.25) is 0 Å². The summed E-state index contributed by atoms with van der Waals surface area (Å²) in [6.45, 7) is 5.16. The monoisotopic (exact) mass is 341 g/mol. The van der Waals surface area contributed by atoms with E-state index in [9.17, 15) is 9.90 Å². The van der Waals surface area contributed by atoms with Crippen molar-refractivity contribution in [1.29, 1.82) is 0 Å². The molecule has 2 fully saturated rings. The van der Waals surface area contributed by atoms with E-state index in [2.05, 4.69) is 24.6 Å². The van der Waals surface area contributed by atoms with E-state index < -0.39 is 36.6 Å². The Morgan fingerprint density at radius 2 is 2.30 bits per heavy atom. The molecule has 1 aromatic heterocycles. The highest BCUT2D eigenvalue weighted by molar-refractivity contribution is 7.72. The predicted molar refractivity (Wildman–Crippen MR) is 91.6 cm³/mol. The van der Waals surface area contributed by atoms with Gasteiger partial charge in [0.25, 0.3) is 0 Å². The average molecular weight is 341 g/mol. The number of nitrogen functional groups attached to an aromatic ring is 1. The second-order valence-electron chi connectivity index (χ2n) is 7.20. The van der Waals surface area contributed by atoms with Crippen LogP contribution in [0.3, 0.4) is 0 Å². The van der Waals surface area contributed by atoms with E-state index in [0.717, 1.165) is 6.16 Å². The maximum absolute atomic E-state index is 12.1. The van der Waals surface area contributed by atoms with Gasteiger partial charge in [0, 0.05) is 11.8 Å². The molecule has 128 valence electrons. The molecule has 3 heterocycles. The van der Waals surface area contributed by atoms with E-state index in [4.69, 9.17) is 15.2 Å². The maximum Gasteiger partial charge on any atom is 0.351 e. The molecule has 3 rings (SSSR count). The molecule has 0 aliphatic carbocycles. The molecule has 8 heteroatoms. The summed E-state index contributed by atoms with van der Waals surface area (Å²) in [5, 5.41) is 10.6. The molecule has 7 nitrogen and oxygen atoms in total. The van der Waals surface area contributed by atoms with Crippen LogP contribution in [-0.2, 0) is 9.47 Å². The van der Waals surface area contributed by atoms with Crippen LogP contribution in [0.15, 0.2) is 11.0 Å². The van der Waals surface area contributed by atoms with Gasteiger partial charge in [0.05, 0.1) is 6.61 Å². The first-order valence-electron chi connectivity index (χ1n) is 7.63. The van der Waals surface area contributed by atoms with E-state index in [1.807, 2.05) is 0 Å². The number of aryl methyl sites for hydroxylation is 1. The van der Waals surface area contributed by atoms with E-state index in [-0.39, 0.29) is 5.82 Å². The molecule has 23 heavy (non-hydrogen) atoms. The van der Waals surface area contributed by atoms with Gasteiger partial charge in [-0.15, -0.1) is 13.2 Å². The number of fused-ring (bicyclic) bond motifs is 2. The Hall–Kier alpha value is -1.14. The van der Waals surface area contributed by atoms with E-state index >= 15 is 0 Å². The molecule has 2 saturated heterocycles. The van der Waals surface area contributed by atoms with Crippen LogP contribution in [0, 0.1) is 6.92 Å². The van der Waals surface area contributed by atoms with Crippen molar-refractivity contribution in [3.8, 4) is 0 Å². The smallest absolute Gasteiger partial charge is 0.351 e. The highest BCUT2D eigenvalue weighted by Crippen LogP contribution is 2.49. The van der Waals surface area contributed by atoms with Gasteiger partial charge in [-0.1, -0.05) is 0 Å². The van der Waals surface area contributed by atoms with E-state index in [1.54, 1.807) is 13.1 Å². The number of anilines is 1. The van der Waals surface area contributed by atoms with Crippen LogP contribution in [0.5, 0.6) is 0 Å². The van der Waals surface area contributed by atoms with Gasteiger partial charge in [-0.05, 0) is 32.8 Å². The maximum atomic E-state index is 12.1. The molecule has 4 atom stereocenters. The quantitative estimate of drug-likeness (QED) is 0.762. The van der Waals surface area contributed by atoms with Crippen LogP contribution < -0.4 is 11.4 Å². The summed E-state index contributed by atoms with van der Waals surface area (Å²) in [4.78, 5) is 15.9. The number of hydrogen-bond acceptors (Lipinski definition) is 6. The normalized spacial score (nSPS) is 33.3. The van der Waals surface area contributed by atoms with Crippen molar-refractivity contribution in [2.45, 2.75) is 37.4 Å². The SMILES string of the molecule is C=P(C)(C)CC[C@@]12CO[C@@H](C(n3cc(C)c(N)nc3=O)O1)[C@@H]2O. The van der Waals surface area contributed by atoms with Crippen LogP contribution in [0.25, 0.3) is 0 Å². The van der Waals surface area contributed by atoms with Gasteiger partial charge in [0.2, 0.25) is 0 Å². The lowest BCUT2D eigenvalue weighted by Crippen LogP contribution is -2.42. The molecule has 0 aromatic carbocycles. The van der Waals surface area contributed by atoms with Crippen LogP contribution >= 0.6 is 6.89 Å². The molecule has 0 amide bonds. The molecule has 0 saturated carbocycles. The van der Waals surface area contributed by atoms with Crippen molar-refractivity contribution in [1.82, 2.24) is 9.55 Å². The molecule has 1 unspecified atom stereocenters. The summed E-state index contributed by atoms with van der Waals surface area (Å²) in [7, 11) is 0. The summed E-state index contributed by atoms with van der Waals surface area (Å²) in [6, 6.07) is 0. The second kappa shape index (κ2) is 5.45. The largest absolute Gasteiger partial charge is 0.387 e. The third-order valence-electron chi connectivity index (χ3n) is 4.60. The standard InChI is InChI=1S/C15H24N3O4P/c1-9-7-18(14(20)17-12(9)16)13-10-11(19)15(22-13,8-21-10)5-6-23(2,3)4/h7,10-11,13,19H,2,5-6,8H2,1,3-4H3,(H2,16,17,20)/t10-,11+,13?,15+/m1/s1. The Balaban J connectivity index is 1.89. The fraction of sp³-hybridized carbons (Fsp3) is 0.667. The minimum Gasteiger partial charge on any atom is -0.387 e. The lowest BCUT2D eigenvalue weighted by Gasteiger charge is -2.32. The Labute approximate surface area is 135 Å². The zero-order valence-electron chi connectivity index (χ0n) is 13.7. The first-order valence-corrected chi connectivity index (χ1v) is 10.7. The summed E-state index contributed by atoms with van der Waals surface area (Å²) in [6.07, 6.45) is 5.37. The summed E-state index contributed by atoms with van der Waals surface area (Å²) < 4.78 is 13.2. The zero-order chi connectivity index (χ0) is 17.0. The fourth-order valence-electron chi connectivity index (χ4n) is 3.11. The van der Waals surface area contributed by atoms with Crippen molar-refractivity contribution in [2.75, 3.05) is 31.8 Å². The lowest BCUT2D eigenvalue weighted by atomic mass is 9.96. The van der Waals surface area contributed by atoms with E-state index in [0.29, 0.717) is 18.6 Å². The summed E-state index contributed by atoms with van der Waals surface area (Å²) in [5.41, 5.74) is 5.09. The minimum atomic E-state index is -1.24. The predicted octanol–water partition coefficient (Wildman–Crippen LogP) is 0.261. The number of nitrogens with two attached hydrogens (primary N) is 1. The van der Waals surface area contributed by atoms with Crippen LogP contribution in [-0.4, -0.2) is 64.9 Å². The average Bonchev–Trinajstić information content (AvgIpc) is 2.91. The fourth-order valence-corrected chi connectivity index (χ4v) is 4.09. The second-order valence-corrected chi connectivity index (χ2v) is 11.5. The van der Waals surface area contributed by atoms with Crippen molar-refractivity contribution in [2.24, 2.45) is 0 Å². The van der Waals surface area contributed by atoms with Gasteiger partial charge < -0.3 is 20.3 Å². The van der Waals surface area contributed by atoms with Gasteiger partial charge in [-0.2, -0.15) is 4.98 Å². The number of rotatable bonds is 4. The van der Waals surface area contributed by atoms with Gasteiger partial charge in [0.1, 0.15) is 23.6 Å². The van der Waals surface area contributed by atoms with Crippen molar-refractivity contribution >= 4 is 19.0 Å². The number of aliphatic hydroxyl groups excluding tert-OH is 1. The van der Waals surface area contributed by atoms with Gasteiger partial charge in [0.15, 0.2) is 6.23 Å². The first kappa shape index (κ1) is 16.7. The zero-order valence-corrected chi connectivity index (χ0v) is 14.6. The van der Waals surface area contributed by atoms with Crippen LogP contribution in [0.4, 0.5) is 5.82 Å². The minimum absolute atomic E-state index is 0.203. The third kappa shape index (κ3) is 2.87. The molecule has 3 N–H and O–H groups in total. The lowest BCUT2D eigenvalue weighted by molar-refractivity contribution is -0.175. The Morgan fingerprint density at radius 1 is 1.61 bits per heavy atom. The molecule has 2 bridgehead atoms. The number of hydrogen-bond donors (Lipinski definition) is 2. The van der Waals surface area contributed by atoms with Gasteiger partial charge in [-0.25, -0.2) is 4.79 Å². The van der Waals surface area contributed by atoms with Crippen molar-refractivity contribution in [3.05, 3.63) is 22.2 Å². The number of aliphatic hydroxyl groups is 1. The molecular weight excluding hydrogens is 317 g/mol. The van der Waals surface area contributed by atoms with Gasteiger partial charge in [-0.3, -0.25) is 4.57 Å². The van der Waals surface area contributed by atoms with E-state index in [1.165, 1.54) is 4.57 Å². The molecule has 1 aromatic rings. The first-order chi connectivity index (χ1) is 10.6. The third-order valence-corrected chi connectivity index (χ3v) is 6.03. The Kier molecular flexibility index (Phi) is 3.96. The number of aromatic nitrogens is 2. The van der Waals surface area contributed by atoms with Gasteiger partial charge >= 0.3 is 5.69 Å². The Morgan fingerprint density at radius 3 is 2.96 bits per heavy atom. The summed E-state index contributed by atoms with van der Waals surface area (Å²) >= 11 is 0. The molecule has 0 radical (unpaired) electrons. The number of nitrogens with zero attached hydrogens (tertiary/aromatic N) is 2. The topological polar surface area (TPSA) is 99.6 Å². The molecule has 0 spiro atoms. The highest BCUT2D eigenvalue weighted by Gasteiger charge is 2.61. The van der Waals surface area contributed by atoms with Crippen molar-refractivity contribution < 1.29 is 14.6 Å². The molecule has 2 aliphatic heterocycles. The highest BCUT2D eigenvalue weighted by atomic mass is 31.2. The van der Waals surface area contributed by atoms with Crippen molar-refractivity contribution in [3.63, 3.8) is 0 Å². The summed E-state index contributed by atoms with van der Waals surface area (Å²) in [5.74, 6) is 0.203. The van der Waals surface area contributed by atoms with Crippen LogP contribution in [0.1, 0.15) is 18.2 Å². The Bertz CT molecular complexity index is 728. The molecule has 2 aliphatic rings. The number of ether oxygens (including phenoxy) is 2.